The van der Waals surface area contributed by atoms with Crippen LogP contribution in [-0.2, 0) is 4.79 Å². The van der Waals surface area contributed by atoms with E-state index in [1.54, 1.807) is 6.92 Å². The highest BCUT2D eigenvalue weighted by molar-refractivity contribution is 5.97. The summed E-state index contributed by atoms with van der Waals surface area (Å²) in [6.07, 6.45) is 0. The van der Waals surface area contributed by atoms with E-state index in [0.717, 1.165) is 0 Å². The van der Waals surface area contributed by atoms with Gasteiger partial charge in [-0.3, -0.25) is 9.59 Å². The van der Waals surface area contributed by atoms with Crippen LogP contribution in [-0.4, -0.2) is 42.1 Å². The lowest BCUT2D eigenvalue weighted by atomic mass is 9.86. The molecule has 0 saturated carbocycles. The molecule has 5 nitrogen and oxygen atoms in total. The standard InChI is InChI=1S/C14H16FNO4/c1-8(14(18)19)9-6-16(7-9)13(17)12-10(15)4-3-5-11(12)20-2/h3-5,8-9H,6-7H2,1-2H3,(H,18,19). The van der Waals surface area contributed by atoms with Gasteiger partial charge < -0.3 is 14.7 Å². The van der Waals surface area contributed by atoms with Crippen LogP contribution in [0.3, 0.4) is 0 Å². The van der Waals surface area contributed by atoms with Crippen molar-refractivity contribution in [3.63, 3.8) is 0 Å². The Morgan fingerprint density at radius 1 is 1.45 bits per heavy atom. The van der Waals surface area contributed by atoms with Gasteiger partial charge in [0.1, 0.15) is 17.1 Å². The van der Waals surface area contributed by atoms with Crippen molar-refractivity contribution in [2.75, 3.05) is 20.2 Å². The van der Waals surface area contributed by atoms with Crippen molar-refractivity contribution < 1.29 is 23.8 Å². The van der Waals surface area contributed by atoms with Crippen molar-refractivity contribution in [1.82, 2.24) is 4.90 Å². The number of aliphatic carboxylic acids is 1. The normalized spacial score (nSPS) is 16.4. The van der Waals surface area contributed by atoms with Crippen molar-refractivity contribution >= 4 is 11.9 Å². The lowest BCUT2D eigenvalue weighted by Crippen LogP contribution is -2.53. The SMILES string of the molecule is COc1cccc(F)c1C(=O)N1CC(C(C)C(=O)O)C1. The molecule has 0 radical (unpaired) electrons. The number of carboxylic acid groups (broad SMARTS) is 1. The fraction of sp³-hybridized carbons (Fsp3) is 0.429. The Bertz CT molecular complexity index is 540. The molecule has 1 unspecified atom stereocenters. The van der Waals surface area contributed by atoms with Crippen molar-refractivity contribution in [2.45, 2.75) is 6.92 Å². The average molecular weight is 281 g/mol. The van der Waals surface area contributed by atoms with Gasteiger partial charge in [0.15, 0.2) is 0 Å². The first-order valence-electron chi connectivity index (χ1n) is 6.30. The first-order valence-corrected chi connectivity index (χ1v) is 6.30. The fourth-order valence-electron chi connectivity index (χ4n) is 2.24. The first-order chi connectivity index (χ1) is 9.45. The highest BCUT2D eigenvalue weighted by Gasteiger charge is 2.38. The third-order valence-electron chi connectivity index (χ3n) is 3.70. The van der Waals surface area contributed by atoms with Gasteiger partial charge in [-0.25, -0.2) is 4.39 Å². The summed E-state index contributed by atoms with van der Waals surface area (Å²) in [5.41, 5.74) is -0.101. The number of methoxy groups -OCH3 is 1. The molecule has 1 aromatic rings. The Balaban J connectivity index is 2.10. The summed E-state index contributed by atoms with van der Waals surface area (Å²) in [6.45, 7) is 2.26. The second-order valence-corrected chi connectivity index (χ2v) is 4.91. The zero-order valence-corrected chi connectivity index (χ0v) is 11.3. The minimum atomic E-state index is -0.884. The van der Waals surface area contributed by atoms with E-state index in [4.69, 9.17) is 9.84 Å². The molecule has 108 valence electrons. The van der Waals surface area contributed by atoms with Gasteiger partial charge in [-0.2, -0.15) is 0 Å². The van der Waals surface area contributed by atoms with Crippen LogP contribution in [0.1, 0.15) is 17.3 Å². The third-order valence-corrected chi connectivity index (χ3v) is 3.70. The van der Waals surface area contributed by atoms with Crippen LogP contribution in [0.15, 0.2) is 18.2 Å². The number of halogens is 1. The number of ether oxygens (including phenoxy) is 1. The molecule has 2 rings (SSSR count). The van der Waals surface area contributed by atoms with Crippen LogP contribution < -0.4 is 4.74 Å². The van der Waals surface area contributed by atoms with Gasteiger partial charge in [0.05, 0.1) is 13.0 Å². The molecule has 1 atom stereocenters. The molecule has 6 heteroatoms. The zero-order valence-electron chi connectivity index (χ0n) is 11.3. The monoisotopic (exact) mass is 281 g/mol. The number of hydrogen-bond acceptors (Lipinski definition) is 3. The van der Waals surface area contributed by atoms with E-state index in [9.17, 15) is 14.0 Å². The molecule has 0 spiro atoms. The summed E-state index contributed by atoms with van der Waals surface area (Å²) >= 11 is 0. The van der Waals surface area contributed by atoms with Gasteiger partial charge >= 0.3 is 5.97 Å². The molecule has 1 aliphatic heterocycles. The number of carboxylic acids is 1. The number of hydrogen-bond donors (Lipinski definition) is 1. The van der Waals surface area contributed by atoms with Crippen LogP contribution in [0, 0.1) is 17.7 Å². The number of rotatable bonds is 4. The molecule has 0 aliphatic carbocycles. The molecule has 0 bridgehead atoms. The topological polar surface area (TPSA) is 66.8 Å². The number of benzene rings is 1. The average Bonchev–Trinajstić information content (AvgIpc) is 2.35. The van der Waals surface area contributed by atoms with Crippen LogP contribution in [0.2, 0.25) is 0 Å². The number of carbonyl (C=O) groups excluding carboxylic acids is 1. The maximum absolute atomic E-state index is 13.8. The number of likely N-dealkylation sites (tertiary alicyclic amines) is 1. The largest absolute Gasteiger partial charge is 0.496 e. The Labute approximate surface area is 116 Å². The second-order valence-electron chi connectivity index (χ2n) is 4.91. The fourth-order valence-corrected chi connectivity index (χ4v) is 2.24. The summed E-state index contributed by atoms with van der Waals surface area (Å²) in [7, 11) is 1.37. The van der Waals surface area contributed by atoms with Crippen molar-refractivity contribution in [3.8, 4) is 5.75 Å². The van der Waals surface area contributed by atoms with E-state index >= 15 is 0 Å². The lowest BCUT2D eigenvalue weighted by molar-refractivity contribution is -0.144. The van der Waals surface area contributed by atoms with Crippen molar-refractivity contribution in [1.29, 1.82) is 0 Å². The Morgan fingerprint density at radius 3 is 2.65 bits per heavy atom. The Hall–Kier alpha value is -2.11. The minimum absolute atomic E-state index is 0.0887. The summed E-state index contributed by atoms with van der Waals surface area (Å²) in [5.74, 6) is -2.40. The van der Waals surface area contributed by atoms with E-state index in [-0.39, 0.29) is 17.2 Å². The molecule has 1 aliphatic rings. The van der Waals surface area contributed by atoms with Crippen LogP contribution in [0.5, 0.6) is 5.75 Å². The van der Waals surface area contributed by atoms with E-state index in [1.165, 1.54) is 30.2 Å². The van der Waals surface area contributed by atoms with E-state index in [0.29, 0.717) is 13.1 Å². The molecule has 1 N–H and O–H groups in total. The van der Waals surface area contributed by atoms with Gasteiger partial charge in [0.25, 0.3) is 5.91 Å². The lowest BCUT2D eigenvalue weighted by Gasteiger charge is -2.41. The van der Waals surface area contributed by atoms with Gasteiger partial charge in [0, 0.05) is 19.0 Å². The summed E-state index contributed by atoms with van der Waals surface area (Å²) in [4.78, 5) is 24.5. The summed E-state index contributed by atoms with van der Waals surface area (Å²) in [6, 6.07) is 4.19. The maximum atomic E-state index is 13.8. The maximum Gasteiger partial charge on any atom is 0.306 e. The van der Waals surface area contributed by atoms with Gasteiger partial charge in [-0.05, 0) is 12.1 Å². The number of nitrogens with zero attached hydrogens (tertiary/aromatic N) is 1. The van der Waals surface area contributed by atoms with Crippen LogP contribution >= 0.6 is 0 Å². The highest BCUT2D eigenvalue weighted by atomic mass is 19.1. The molecule has 1 saturated heterocycles. The number of carbonyl (C=O) groups is 2. The van der Waals surface area contributed by atoms with Crippen molar-refractivity contribution in [3.05, 3.63) is 29.6 Å². The molecule has 1 aromatic carbocycles. The summed E-state index contributed by atoms with van der Waals surface area (Å²) in [5, 5.41) is 8.90. The summed E-state index contributed by atoms with van der Waals surface area (Å²) < 4.78 is 18.8. The van der Waals surface area contributed by atoms with E-state index in [2.05, 4.69) is 0 Å². The molecular weight excluding hydrogens is 265 g/mol. The highest BCUT2D eigenvalue weighted by Crippen LogP contribution is 2.29. The number of amides is 1. The molecule has 0 aromatic heterocycles. The van der Waals surface area contributed by atoms with E-state index < -0.39 is 23.6 Å². The Kier molecular flexibility index (Phi) is 3.92. The third kappa shape index (κ3) is 2.45. The second kappa shape index (κ2) is 5.48. The Morgan fingerprint density at radius 2 is 2.10 bits per heavy atom. The van der Waals surface area contributed by atoms with Crippen molar-refractivity contribution in [2.24, 2.45) is 11.8 Å². The van der Waals surface area contributed by atoms with Gasteiger partial charge in [-0.15, -0.1) is 0 Å². The predicted octanol–water partition coefficient (Wildman–Crippen LogP) is 1.63. The molecule has 1 heterocycles. The van der Waals surface area contributed by atoms with Gasteiger partial charge in [-0.1, -0.05) is 13.0 Å². The molecule has 20 heavy (non-hydrogen) atoms. The molecule has 1 amide bonds. The van der Waals surface area contributed by atoms with Crippen LogP contribution in [0.25, 0.3) is 0 Å². The molecular formula is C14H16FNO4. The molecule has 1 fully saturated rings. The van der Waals surface area contributed by atoms with E-state index in [1.807, 2.05) is 0 Å². The quantitative estimate of drug-likeness (QED) is 0.910. The minimum Gasteiger partial charge on any atom is -0.496 e. The first kappa shape index (κ1) is 14.3. The zero-order chi connectivity index (χ0) is 14.9. The van der Waals surface area contributed by atoms with Crippen LogP contribution in [0.4, 0.5) is 4.39 Å². The van der Waals surface area contributed by atoms with Gasteiger partial charge in [0.2, 0.25) is 0 Å². The predicted molar refractivity (Wildman–Crippen MR) is 69.1 cm³/mol. The smallest absolute Gasteiger partial charge is 0.306 e.